The zero-order chi connectivity index (χ0) is 34.9. The number of aryl methyl sites for hydroxylation is 2. The van der Waals surface area contributed by atoms with Crippen molar-refractivity contribution in [2.45, 2.75) is 93.9 Å². The first kappa shape index (κ1) is 37.9. The van der Waals surface area contributed by atoms with Gasteiger partial charge in [0.15, 0.2) is 0 Å². The fourth-order valence-electron chi connectivity index (χ4n) is 6.17. The van der Waals surface area contributed by atoms with Crippen molar-refractivity contribution in [1.29, 1.82) is 0 Å². The minimum absolute atomic E-state index is 0.949. The van der Waals surface area contributed by atoms with E-state index in [9.17, 15) is 0 Å². The predicted molar refractivity (Wildman–Crippen MR) is 217 cm³/mol. The van der Waals surface area contributed by atoms with Crippen molar-refractivity contribution in [2.24, 2.45) is 0 Å². The van der Waals surface area contributed by atoms with Gasteiger partial charge in [-0.1, -0.05) is 143 Å². The van der Waals surface area contributed by atoms with Crippen LogP contribution in [-0.2, 0) is 12.8 Å². The van der Waals surface area contributed by atoms with Crippen molar-refractivity contribution in [3.8, 4) is 34.1 Å². The van der Waals surface area contributed by atoms with E-state index in [1.165, 1.54) is 66.4 Å². The van der Waals surface area contributed by atoms with Crippen LogP contribution in [0.3, 0.4) is 0 Å². The summed E-state index contributed by atoms with van der Waals surface area (Å²) in [5.41, 5.74) is 14.3. The van der Waals surface area contributed by atoms with Crippen LogP contribution in [0.5, 0.6) is 0 Å². The summed E-state index contributed by atoms with van der Waals surface area (Å²) < 4.78 is 0. The van der Waals surface area contributed by atoms with E-state index in [2.05, 4.69) is 148 Å². The van der Waals surface area contributed by atoms with Gasteiger partial charge in [-0.25, -0.2) is 0 Å². The molecule has 0 atom stereocenters. The average Bonchev–Trinajstić information content (AvgIpc) is 3.39. The number of benzene rings is 4. The number of unbranched alkanes of at least 4 members (excludes halogenated alkanes) is 1. The molecule has 248 valence electrons. The predicted octanol–water partition coefficient (Wildman–Crippen LogP) is 14.3. The molecule has 5 rings (SSSR count). The third kappa shape index (κ3) is 9.71. The molecule has 0 fully saturated rings. The molecule has 0 aliphatic heterocycles. The van der Waals surface area contributed by atoms with Gasteiger partial charge in [0, 0.05) is 6.42 Å². The number of allylic oxidation sites excluding steroid dienone is 7. The summed E-state index contributed by atoms with van der Waals surface area (Å²) in [6.07, 6.45) is 21.8. The quantitative estimate of drug-likeness (QED) is 0.0978. The Hall–Kier alpha value is -4.60. The van der Waals surface area contributed by atoms with Gasteiger partial charge in [0.25, 0.3) is 0 Å². The molecule has 0 amide bonds. The molecule has 4 aromatic rings. The highest BCUT2D eigenvalue weighted by molar-refractivity contribution is 6.10. The lowest BCUT2D eigenvalue weighted by atomic mass is 9.81. The zero-order valence-electron chi connectivity index (χ0n) is 30.8. The Morgan fingerprint density at radius 1 is 0.854 bits per heavy atom. The van der Waals surface area contributed by atoms with Crippen LogP contribution in [-0.4, -0.2) is 0 Å². The van der Waals surface area contributed by atoms with Crippen molar-refractivity contribution in [3.63, 3.8) is 0 Å². The molecule has 0 aromatic heterocycles. The summed E-state index contributed by atoms with van der Waals surface area (Å²) >= 11 is 0. The van der Waals surface area contributed by atoms with E-state index >= 15 is 0 Å². The Kier molecular flexibility index (Phi) is 15.7. The maximum absolute atomic E-state index is 4.23. The number of hydrogen-bond acceptors (Lipinski definition) is 0. The highest BCUT2D eigenvalue weighted by Gasteiger charge is 2.21. The van der Waals surface area contributed by atoms with Crippen molar-refractivity contribution in [3.05, 3.63) is 143 Å². The number of rotatable bonds is 9. The molecule has 48 heavy (non-hydrogen) atoms. The minimum atomic E-state index is 0.949. The van der Waals surface area contributed by atoms with Crippen LogP contribution in [0.2, 0.25) is 0 Å². The molecule has 0 unspecified atom stereocenters. The van der Waals surface area contributed by atoms with Crippen molar-refractivity contribution in [1.82, 2.24) is 0 Å². The fourth-order valence-corrected chi connectivity index (χ4v) is 6.17. The second-order valence-corrected chi connectivity index (χ2v) is 11.8. The van der Waals surface area contributed by atoms with Gasteiger partial charge in [0.05, 0.1) is 0 Å². The molecule has 0 heteroatoms. The summed E-state index contributed by atoms with van der Waals surface area (Å²) in [6, 6.07) is 25.1. The van der Waals surface area contributed by atoms with Crippen molar-refractivity contribution >= 4 is 22.9 Å². The first-order valence-electron chi connectivity index (χ1n) is 18.0. The summed E-state index contributed by atoms with van der Waals surface area (Å²) in [5, 5.41) is 2.64. The van der Waals surface area contributed by atoms with Crippen LogP contribution in [0.1, 0.15) is 102 Å². The van der Waals surface area contributed by atoms with E-state index in [0.29, 0.717) is 0 Å². The molecule has 0 saturated carbocycles. The van der Waals surface area contributed by atoms with E-state index in [1.807, 2.05) is 34.6 Å². The molecule has 0 heterocycles. The minimum Gasteiger partial charge on any atom is -0.107 e. The lowest BCUT2D eigenvalue weighted by Crippen LogP contribution is -2.00. The van der Waals surface area contributed by atoms with E-state index in [0.717, 1.165) is 44.1 Å². The molecule has 4 aromatic carbocycles. The Morgan fingerprint density at radius 3 is 2.31 bits per heavy atom. The van der Waals surface area contributed by atoms with Crippen LogP contribution in [0.15, 0.2) is 115 Å². The highest BCUT2D eigenvalue weighted by Crippen LogP contribution is 2.44. The van der Waals surface area contributed by atoms with Crippen LogP contribution >= 0.6 is 0 Å². The maximum atomic E-state index is 4.23. The summed E-state index contributed by atoms with van der Waals surface area (Å²) in [4.78, 5) is 0. The Labute approximate surface area is 292 Å². The molecule has 0 N–H and O–H groups in total. The number of hydrogen-bond donors (Lipinski definition) is 0. The molecule has 1 aliphatic rings. The lowest BCUT2D eigenvalue weighted by Gasteiger charge is -2.22. The molecule has 0 saturated heterocycles. The molecule has 0 nitrogen and oxygen atoms in total. The molecule has 1 aliphatic carbocycles. The summed E-state index contributed by atoms with van der Waals surface area (Å²) in [6.45, 7) is 20.6. The monoisotopic (exact) mass is 632 g/mol. The second-order valence-electron chi connectivity index (χ2n) is 11.8. The third-order valence-corrected chi connectivity index (χ3v) is 8.69. The van der Waals surface area contributed by atoms with Crippen LogP contribution in [0.4, 0.5) is 0 Å². The van der Waals surface area contributed by atoms with Gasteiger partial charge in [-0.15, -0.1) is 11.8 Å². The first-order chi connectivity index (χ1) is 23.5. The zero-order valence-corrected chi connectivity index (χ0v) is 30.8. The SMILES string of the molecule is C=C(/C=C\C(C)=C/C)/C=C/c1cccc(-c2c3c(c(-c4ccc(C)c(CCCC#CC)c4)c4ccccc24)C=CCCC3)c1.CC.CC. The van der Waals surface area contributed by atoms with Crippen LogP contribution in [0.25, 0.3) is 45.2 Å². The molecule has 0 bridgehead atoms. The molecule has 0 spiro atoms. The lowest BCUT2D eigenvalue weighted by molar-refractivity contribution is 0.851. The second kappa shape index (κ2) is 19.9. The van der Waals surface area contributed by atoms with Gasteiger partial charge in [0.1, 0.15) is 0 Å². The fraction of sp³-hybridized carbons (Fsp3) is 0.292. The number of fused-ring (bicyclic) bond motifs is 2. The van der Waals surface area contributed by atoms with Gasteiger partial charge in [-0.05, 0) is 132 Å². The highest BCUT2D eigenvalue weighted by atomic mass is 14.2. The topological polar surface area (TPSA) is 0 Å². The van der Waals surface area contributed by atoms with Crippen LogP contribution < -0.4 is 0 Å². The van der Waals surface area contributed by atoms with Gasteiger partial charge in [-0.3, -0.25) is 0 Å². The van der Waals surface area contributed by atoms with Gasteiger partial charge in [0.2, 0.25) is 0 Å². The van der Waals surface area contributed by atoms with Gasteiger partial charge < -0.3 is 0 Å². The Morgan fingerprint density at radius 2 is 1.58 bits per heavy atom. The van der Waals surface area contributed by atoms with Crippen LogP contribution in [0, 0.1) is 18.8 Å². The van der Waals surface area contributed by atoms with E-state index in [-0.39, 0.29) is 0 Å². The van der Waals surface area contributed by atoms with E-state index in [1.54, 1.807) is 0 Å². The maximum Gasteiger partial charge on any atom is 0.00917 e. The van der Waals surface area contributed by atoms with E-state index < -0.39 is 0 Å². The van der Waals surface area contributed by atoms with Gasteiger partial charge in [-0.2, -0.15) is 0 Å². The third-order valence-electron chi connectivity index (χ3n) is 8.69. The molecular weight excluding hydrogens is 577 g/mol. The average molecular weight is 633 g/mol. The standard InChI is InChI=1S/C44H44.2C2H6/c1-6-8-9-11-18-36-31-38(29-27-34(36)5)44-40-21-13-10-12-20-39(40)43(41-22-14-15-23-42(41)44)37-19-16-17-35(30-37)28-26-33(4)25-24-32(3)7-2;2*1-2/h7,13-17,19,21-31H,4,9-12,18,20H2,1-3,5H3;2*1-2H3/b25-24-,28-26+,32-7-;;. The largest absolute Gasteiger partial charge is 0.107 e. The smallest absolute Gasteiger partial charge is 0.00917 e. The van der Waals surface area contributed by atoms with Crippen molar-refractivity contribution < 1.29 is 0 Å². The first-order valence-corrected chi connectivity index (χ1v) is 18.0. The van der Waals surface area contributed by atoms with Gasteiger partial charge >= 0.3 is 0 Å². The molecule has 0 radical (unpaired) electrons. The molecular formula is C48H56. The summed E-state index contributed by atoms with van der Waals surface area (Å²) in [7, 11) is 0. The Balaban J connectivity index is 0.00000151. The summed E-state index contributed by atoms with van der Waals surface area (Å²) in [5.74, 6) is 6.28. The van der Waals surface area contributed by atoms with Crippen molar-refractivity contribution in [2.75, 3.05) is 0 Å². The van der Waals surface area contributed by atoms with E-state index in [4.69, 9.17) is 0 Å². The normalized spacial score (nSPS) is 12.4. The Bertz CT molecular complexity index is 1860.